The van der Waals surface area contributed by atoms with E-state index in [1.807, 2.05) is 37.3 Å². The molecule has 1 heterocycles. The molecular weight excluding hydrogens is 368 g/mol. The van der Waals surface area contributed by atoms with Gasteiger partial charge in [-0.3, -0.25) is 14.5 Å². The molecule has 7 heteroatoms. The van der Waals surface area contributed by atoms with Crippen molar-refractivity contribution in [2.75, 3.05) is 38.6 Å². The molecule has 0 spiro atoms. The molecule has 2 aromatic rings. The molecule has 0 bridgehead atoms. The zero-order valence-electron chi connectivity index (χ0n) is 16.8. The number of nitrogens with one attached hydrogen (secondary N) is 1. The van der Waals surface area contributed by atoms with Crippen molar-refractivity contribution in [1.82, 2.24) is 9.91 Å². The van der Waals surface area contributed by atoms with Gasteiger partial charge in [-0.15, -0.1) is 0 Å². The molecular formula is C22H26N4O3. The fourth-order valence-electron chi connectivity index (χ4n) is 3.10. The van der Waals surface area contributed by atoms with Gasteiger partial charge in [0.15, 0.2) is 0 Å². The van der Waals surface area contributed by atoms with Gasteiger partial charge in [0.1, 0.15) is 5.75 Å². The Morgan fingerprint density at radius 1 is 1.10 bits per heavy atom. The van der Waals surface area contributed by atoms with E-state index in [1.54, 1.807) is 36.3 Å². The Bertz CT molecular complexity index is 865. The zero-order valence-corrected chi connectivity index (χ0v) is 16.8. The largest absolute Gasteiger partial charge is 0.497 e. The van der Waals surface area contributed by atoms with E-state index in [9.17, 15) is 9.59 Å². The highest BCUT2D eigenvalue weighted by molar-refractivity contribution is 6.02. The zero-order chi connectivity index (χ0) is 20.6. The van der Waals surface area contributed by atoms with Gasteiger partial charge in [0, 0.05) is 12.1 Å². The minimum atomic E-state index is -0.167. The fraction of sp³-hybridized carbons (Fsp3) is 0.318. The number of rotatable bonds is 8. The number of ether oxygens (including phenoxy) is 1. The van der Waals surface area contributed by atoms with Gasteiger partial charge in [0.2, 0.25) is 5.91 Å². The summed E-state index contributed by atoms with van der Waals surface area (Å²) in [5.74, 6) is 0.458. The third kappa shape index (κ3) is 5.65. The number of nitrogens with zero attached hydrogens (tertiary/aromatic N) is 3. The van der Waals surface area contributed by atoms with Crippen molar-refractivity contribution < 1.29 is 14.3 Å². The summed E-state index contributed by atoms with van der Waals surface area (Å²) >= 11 is 0. The molecule has 1 aliphatic heterocycles. The lowest BCUT2D eigenvalue weighted by Crippen LogP contribution is -2.40. The normalized spacial score (nSPS) is 13.3. The van der Waals surface area contributed by atoms with Crippen molar-refractivity contribution in [1.29, 1.82) is 0 Å². The first-order valence-electron chi connectivity index (χ1n) is 9.68. The monoisotopic (exact) mass is 394 g/mol. The maximum atomic E-state index is 12.6. The third-order valence-corrected chi connectivity index (χ3v) is 4.74. The number of likely N-dealkylation sites (N-methyl/N-ethyl adjacent to an activating group) is 1. The number of methoxy groups -OCH3 is 1. The summed E-state index contributed by atoms with van der Waals surface area (Å²) in [5.41, 5.74) is 2.64. The summed E-state index contributed by atoms with van der Waals surface area (Å²) in [6.07, 6.45) is 0.736. The van der Waals surface area contributed by atoms with E-state index < -0.39 is 0 Å². The highest BCUT2D eigenvalue weighted by atomic mass is 16.5. The number of anilines is 1. The maximum Gasteiger partial charge on any atom is 0.256 e. The van der Waals surface area contributed by atoms with E-state index in [-0.39, 0.29) is 24.9 Å². The first-order valence-corrected chi connectivity index (χ1v) is 9.68. The van der Waals surface area contributed by atoms with Gasteiger partial charge >= 0.3 is 0 Å². The topological polar surface area (TPSA) is 74.2 Å². The van der Waals surface area contributed by atoms with Crippen LogP contribution in [-0.2, 0) is 9.59 Å². The third-order valence-electron chi connectivity index (χ3n) is 4.74. The van der Waals surface area contributed by atoms with E-state index in [0.29, 0.717) is 18.8 Å². The molecule has 2 amide bonds. The van der Waals surface area contributed by atoms with Crippen LogP contribution in [0.15, 0.2) is 59.7 Å². The molecule has 29 heavy (non-hydrogen) atoms. The number of carbonyl (C=O) groups is 2. The second-order valence-corrected chi connectivity index (χ2v) is 6.76. The van der Waals surface area contributed by atoms with Crippen LogP contribution in [0.2, 0.25) is 0 Å². The second kappa shape index (κ2) is 9.84. The summed E-state index contributed by atoms with van der Waals surface area (Å²) in [6, 6.07) is 17.0. The van der Waals surface area contributed by atoms with Crippen molar-refractivity contribution >= 4 is 23.2 Å². The van der Waals surface area contributed by atoms with Crippen molar-refractivity contribution in [3.05, 3.63) is 60.2 Å². The molecule has 152 valence electrons. The van der Waals surface area contributed by atoms with Crippen LogP contribution in [0.1, 0.15) is 18.9 Å². The van der Waals surface area contributed by atoms with Crippen LogP contribution in [0.25, 0.3) is 0 Å². The number of hydrogen-bond acceptors (Lipinski definition) is 5. The van der Waals surface area contributed by atoms with Gasteiger partial charge in [-0.1, -0.05) is 37.3 Å². The average Bonchev–Trinajstić information content (AvgIpc) is 3.25. The Balaban J connectivity index is 1.53. The maximum absolute atomic E-state index is 12.6. The summed E-state index contributed by atoms with van der Waals surface area (Å²) in [5, 5.41) is 8.82. The molecule has 0 unspecified atom stereocenters. The Labute approximate surface area is 171 Å². The smallest absolute Gasteiger partial charge is 0.256 e. The second-order valence-electron chi connectivity index (χ2n) is 6.76. The number of benzene rings is 2. The standard InChI is InChI=1S/C22H26N4O3/c1-3-25(15-21(27)23-18-9-11-19(29-2)12-10-18)16-22(28)26-14-13-20(24-26)17-7-5-4-6-8-17/h4-12H,3,13-16H2,1-2H3,(H,23,27). The van der Waals surface area contributed by atoms with E-state index in [4.69, 9.17) is 4.74 Å². The predicted molar refractivity (Wildman–Crippen MR) is 113 cm³/mol. The molecule has 0 saturated carbocycles. The minimum absolute atomic E-state index is 0.102. The quantitative estimate of drug-likeness (QED) is 0.747. The molecule has 0 radical (unpaired) electrons. The fourth-order valence-corrected chi connectivity index (χ4v) is 3.10. The van der Waals surface area contributed by atoms with Gasteiger partial charge in [0.25, 0.3) is 5.91 Å². The molecule has 2 aromatic carbocycles. The SMILES string of the molecule is CCN(CC(=O)Nc1ccc(OC)cc1)CC(=O)N1CCC(c2ccccc2)=N1. The Morgan fingerprint density at radius 3 is 2.48 bits per heavy atom. The van der Waals surface area contributed by atoms with Crippen LogP contribution in [0.3, 0.4) is 0 Å². The summed E-state index contributed by atoms with van der Waals surface area (Å²) in [6.45, 7) is 3.37. The molecule has 0 aliphatic carbocycles. The van der Waals surface area contributed by atoms with Crippen molar-refractivity contribution in [2.45, 2.75) is 13.3 Å². The van der Waals surface area contributed by atoms with E-state index in [0.717, 1.165) is 23.4 Å². The van der Waals surface area contributed by atoms with Gasteiger partial charge in [0.05, 0.1) is 32.5 Å². The van der Waals surface area contributed by atoms with Crippen LogP contribution in [0.5, 0.6) is 5.75 Å². The van der Waals surface area contributed by atoms with Gasteiger partial charge in [-0.25, -0.2) is 5.01 Å². The number of hydrogen-bond donors (Lipinski definition) is 1. The Kier molecular flexibility index (Phi) is 6.97. The predicted octanol–water partition coefficient (Wildman–Crippen LogP) is 2.59. The molecule has 7 nitrogen and oxygen atoms in total. The highest BCUT2D eigenvalue weighted by Gasteiger charge is 2.23. The Morgan fingerprint density at radius 2 is 1.83 bits per heavy atom. The molecule has 0 saturated heterocycles. The number of hydrazone groups is 1. The highest BCUT2D eigenvalue weighted by Crippen LogP contribution is 2.16. The van der Waals surface area contributed by atoms with Crippen LogP contribution in [0, 0.1) is 0 Å². The Hall–Kier alpha value is -3.19. The molecule has 3 rings (SSSR count). The lowest BCUT2D eigenvalue weighted by atomic mass is 10.1. The average molecular weight is 394 g/mol. The summed E-state index contributed by atoms with van der Waals surface area (Å²) in [4.78, 5) is 26.8. The van der Waals surface area contributed by atoms with E-state index >= 15 is 0 Å². The minimum Gasteiger partial charge on any atom is -0.497 e. The van der Waals surface area contributed by atoms with Crippen molar-refractivity contribution in [3.8, 4) is 5.75 Å². The number of carbonyl (C=O) groups excluding carboxylic acids is 2. The molecule has 1 N–H and O–H groups in total. The van der Waals surface area contributed by atoms with Gasteiger partial charge in [-0.05, 0) is 36.4 Å². The van der Waals surface area contributed by atoms with Gasteiger partial charge in [-0.2, -0.15) is 5.10 Å². The van der Waals surface area contributed by atoms with Crippen LogP contribution in [0.4, 0.5) is 5.69 Å². The van der Waals surface area contributed by atoms with E-state index in [2.05, 4.69) is 10.4 Å². The molecule has 1 aliphatic rings. The molecule has 0 aromatic heterocycles. The van der Waals surface area contributed by atoms with Crippen LogP contribution in [-0.4, -0.2) is 60.7 Å². The summed E-state index contributed by atoms with van der Waals surface area (Å²) in [7, 11) is 1.59. The van der Waals surface area contributed by atoms with Crippen LogP contribution >= 0.6 is 0 Å². The van der Waals surface area contributed by atoms with Crippen molar-refractivity contribution in [3.63, 3.8) is 0 Å². The first kappa shape index (κ1) is 20.5. The first-order chi connectivity index (χ1) is 14.1. The number of amides is 2. The van der Waals surface area contributed by atoms with Crippen molar-refractivity contribution in [2.24, 2.45) is 5.10 Å². The molecule has 0 atom stereocenters. The van der Waals surface area contributed by atoms with Gasteiger partial charge < -0.3 is 10.1 Å². The summed E-state index contributed by atoms with van der Waals surface area (Å²) < 4.78 is 5.11. The van der Waals surface area contributed by atoms with E-state index in [1.165, 1.54) is 5.01 Å². The molecule has 0 fully saturated rings. The lowest BCUT2D eigenvalue weighted by Gasteiger charge is -2.21. The lowest BCUT2D eigenvalue weighted by molar-refractivity contribution is -0.132. The van der Waals surface area contributed by atoms with Crippen LogP contribution < -0.4 is 10.1 Å².